The van der Waals surface area contributed by atoms with Crippen molar-refractivity contribution in [2.45, 2.75) is 6.92 Å². The van der Waals surface area contributed by atoms with Crippen molar-refractivity contribution in [1.29, 1.82) is 0 Å². The average molecular weight is 382 g/mol. The summed E-state index contributed by atoms with van der Waals surface area (Å²) in [7, 11) is 1.54. The molecule has 0 bridgehead atoms. The molecule has 0 aliphatic carbocycles. The number of para-hydroxylation sites is 2. The molecule has 0 saturated carbocycles. The molecule has 0 atom stereocenters. The number of aromatic nitrogens is 2. The van der Waals surface area contributed by atoms with Crippen molar-refractivity contribution in [2.24, 2.45) is 0 Å². The van der Waals surface area contributed by atoms with Crippen LogP contribution in [0, 0.1) is 10.1 Å². The molecule has 0 aliphatic heterocycles. The molecule has 9 nitrogen and oxygen atoms in total. The second-order valence-electron chi connectivity index (χ2n) is 5.46. The largest absolute Gasteiger partial charge is 0.497 e. The molecule has 3 aromatic rings. The average Bonchev–Trinajstić information content (AvgIpc) is 2.70. The molecule has 0 saturated heterocycles. The van der Waals surface area contributed by atoms with Crippen molar-refractivity contribution < 1.29 is 19.1 Å². The second-order valence-corrected chi connectivity index (χ2v) is 5.46. The zero-order valence-corrected chi connectivity index (χ0v) is 15.3. The van der Waals surface area contributed by atoms with Crippen LogP contribution in [0.25, 0.3) is 0 Å². The van der Waals surface area contributed by atoms with E-state index in [9.17, 15) is 10.1 Å². The third kappa shape index (κ3) is 4.26. The fourth-order valence-electron chi connectivity index (χ4n) is 2.43. The van der Waals surface area contributed by atoms with Crippen LogP contribution < -0.4 is 19.5 Å². The lowest BCUT2D eigenvalue weighted by molar-refractivity contribution is -0.385. The number of nitrogens with zero attached hydrogens (tertiary/aromatic N) is 3. The molecule has 0 unspecified atom stereocenters. The maximum atomic E-state index is 11.7. The molecule has 1 heterocycles. The lowest BCUT2D eigenvalue weighted by Gasteiger charge is -2.12. The van der Waals surface area contributed by atoms with Crippen molar-refractivity contribution in [3.05, 3.63) is 65.0 Å². The minimum absolute atomic E-state index is 0.00401. The third-order valence-corrected chi connectivity index (χ3v) is 3.69. The van der Waals surface area contributed by atoms with Crippen LogP contribution in [-0.2, 0) is 0 Å². The summed E-state index contributed by atoms with van der Waals surface area (Å²) in [5.41, 5.74) is 0.158. The Morgan fingerprint density at radius 2 is 1.79 bits per heavy atom. The van der Waals surface area contributed by atoms with E-state index in [2.05, 4.69) is 15.3 Å². The van der Waals surface area contributed by atoms with Gasteiger partial charge in [0, 0.05) is 0 Å². The van der Waals surface area contributed by atoms with Crippen LogP contribution in [0.15, 0.2) is 54.9 Å². The lowest BCUT2D eigenvalue weighted by atomic mass is 10.3. The Balaban J connectivity index is 1.94. The zero-order chi connectivity index (χ0) is 19.9. The fraction of sp³-hybridized carbons (Fsp3) is 0.158. The standard InChI is InChI=1S/C19H18N4O5/c1-3-27-16-7-5-4-6-15(16)22-18-17(23(24)25)19(21-12-20-18)28-14-10-8-13(26-2)9-11-14/h4-12H,3H2,1-2H3,(H,20,21,22). The van der Waals surface area contributed by atoms with Crippen molar-refractivity contribution in [3.63, 3.8) is 0 Å². The van der Waals surface area contributed by atoms with Gasteiger partial charge in [-0.25, -0.2) is 4.98 Å². The number of ether oxygens (including phenoxy) is 3. The Morgan fingerprint density at radius 3 is 2.46 bits per heavy atom. The summed E-state index contributed by atoms with van der Waals surface area (Å²) < 4.78 is 16.2. The Labute approximate surface area is 161 Å². The van der Waals surface area contributed by atoms with Gasteiger partial charge in [-0.3, -0.25) is 10.1 Å². The van der Waals surface area contributed by atoms with Gasteiger partial charge in [0.05, 0.1) is 24.3 Å². The Bertz CT molecular complexity index is 963. The summed E-state index contributed by atoms with van der Waals surface area (Å²) in [6.45, 7) is 2.31. The molecule has 28 heavy (non-hydrogen) atoms. The van der Waals surface area contributed by atoms with Crippen LogP contribution in [0.1, 0.15) is 6.92 Å². The smallest absolute Gasteiger partial charge is 0.373 e. The highest BCUT2D eigenvalue weighted by Crippen LogP contribution is 2.37. The summed E-state index contributed by atoms with van der Waals surface area (Å²) in [6.07, 6.45) is 1.19. The minimum Gasteiger partial charge on any atom is -0.497 e. The zero-order valence-electron chi connectivity index (χ0n) is 15.3. The monoisotopic (exact) mass is 382 g/mol. The second kappa shape index (κ2) is 8.67. The molecular weight excluding hydrogens is 364 g/mol. The SMILES string of the molecule is CCOc1ccccc1Nc1ncnc(Oc2ccc(OC)cc2)c1[N+](=O)[O-]. The molecule has 0 fully saturated rings. The van der Waals surface area contributed by atoms with Crippen LogP contribution >= 0.6 is 0 Å². The number of anilines is 2. The maximum Gasteiger partial charge on any atom is 0.373 e. The lowest BCUT2D eigenvalue weighted by Crippen LogP contribution is -2.05. The van der Waals surface area contributed by atoms with E-state index in [4.69, 9.17) is 14.2 Å². The minimum atomic E-state index is -0.593. The van der Waals surface area contributed by atoms with Crippen molar-refractivity contribution in [1.82, 2.24) is 9.97 Å². The maximum absolute atomic E-state index is 11.7. The molecule has 0 aliphatic rings. The third-order valence-electron chi connectivity index (χ3n) is 3.69. The molecule has 1 aromatic heterocycles. The number of hydrogen-bond donors (Lipinski definition) is 1. The fourth-order valence-corrected chi connectivity index (χ4v) is 2.43. The molecule has 3 rings (SSSR count). The van der Waals surface area contributed by atoms with Gasteiger partial charge in [-0.2, -0.15) is 4.98 Å². The molecular formula is C19H18N4O5. The van der Waals surface area contributed by atoms with E-state index < -0.39 is 4.92 Å². The van der Waals surface area contributed by atoms with Crippen LogP contribution in [0.5, 0.6) is 23.1 Å². The van der Waals surface area contributed by atoms with Crippen LogP contribution in [-0.4, -0.2) is 28.6 Å². The highest BCUT2D eigenvalue weighted by Gasteiger charge is 2.26. The predicted octanol–water partition coefficient (Wildman–Crippen LogP) is 4.33. The highest BCUT2D eigenvalue weighted by molar-refractivity contribution is 5.72. The van der Waals surface area contributed by atoms with Gasteiger partial charge in [-0.05, 0) is 43.3 Å². The van der Waals surface area contributed by atoms with Crippen LogP contribution in [0.3, 0.4) is 0 Å². The predicted molar refractivity (Wildman–Crippen MR) is 103 cm³/mol. The number of rotatable bonds is 8. The first-order valence-corrected chi connectivity index (χ1v) is 8.42. The first-order valence-electron chi connectivity index (χ1n) is 8.42. The molecule has 0 amide bonds. The van der Waals surface area contributed by atoms with E-state index in [1.165, 1.54) is 6.33 Å². The van der Waals surface area contributed by atoms with Gasteiger partial charge in [-0.1, -0.05) is 12.1 Å². The van der Waals surface area contributed by atoms with Crippen molar-refractivity contribution in [2.75, 3.05) is 19.0 Å². The summed E-state index contributed by atoms with van der Waals surface area (Å²) in [4.78, 5) is 19.0. The molecule has 2 aromatic carbocycles. The first kappa shape index (κ1) is 18.9. The first-order chi connectivity index (χ1) is 13.6. The Morgan fingerprint density at radius 1 is 1.07 bits per heavy atom. The summed E-state index contributed by atoms with van der Waals surface area (Å²) >= 11 is 0. The van der Waals surface area contributed by atoms with Gasteiger partial charge >= 0.3 is 11.6 Å². The van der Waals surface area contributed by atoms with E-state index in [0.717, 1.165) is 0 Å². The molecule has 0 radical (unpaired) electrons. The molecule has 1 N–H and O–H groups in total. The normalized spacial score (nSPS) is 10.2. The number of hydrogen-bond acceptors (Lipinski definition) is 8. The van der Waals surface area contributed by atoms with E-state index in [-0.39, 0.29) is 17.4 Å². The van der Waals surface area contributed by atoms with Crippen molar-refractivity contribution >= 4 is 17.2 Å². The van der Waals surface area contributed by atoms with E-state index in [1.807, 2.05) is 13.0 Å². The Hall–Kier alpha value is -3.88. The van der Waals surface area contributed by atoms with Crippen molar-refractivity contribution in [3.8, 4) is 23.1 Å². The molecule has 0 spiro atoms. The van der Waals surface area contributed by atoms with Gasteiger partial charge in [0.15, 0.2) is 0 Å². The molecule has 144 valence electrons. The van der Waals surface area contributed by atoms with Gasteiger partial charge in [0.2, 0.25) is 5.82 Å². The summed E-state index contributed by atoms with van der Waals surface area (Å²) in [6, 6.07) is 13.7. The topological polar surface area (TPSA) is 109 Å². The van der Waals surface area contributed by atoms with Gasteiger partial charge < -0.3 is 19.5 Å². The number of nitrogens with one attached hydrogen (secondary N) is 1. The number of benzene rings is 2. The van der Waals surface area contributed by atoms with Crippen LogP contribution in [0.2, 0.25) is 0 Å². The van der Waals surface area contributed by atoms with E-state index in [1.54, 1.807) is 49.6 Å². The summed E-state index contributed by atoms with van der Waals surface area (Å²) in [5, 5.41) is 14.6. The van der Waals surface area contributed by atoms with Gasteiger partial charge in [-0.15, -0.1) is 0 Å². The van der Waals surface area contributed by atoms with Gasteiger partial charge in [0.1, 0.15) is 23.6 Å². The quantitative estimate of drug-likeness (QED) is 0.453. The number of nitro groups is 1. The summed E-state index contributed by atoms with van der Waals surface area (Å²) in [5.74, 6) is 1.38. The number of methoxy groups -OCH3 is 1. The Kier molecular flexibility index (Phi) is 5.85. The molecule has 9 heteroatoms. The van der Waals surface area contributed by atoms with Gasteiger partial charge in [0.25, 0.3) is 0 Å². The van der Waals surface area contributed by atoms with E-state index >= 15 is 0 Å². The van der Waals surface area contributed by atoms with Crippen LogP contribution in [0.4, 0.5) is 17.2 Å². The van der Waals surface area contributed by atoms with E-state index in [0.29, 0.717) is 29.5 Å². The highest BCUT2D eigenvalue weighted by atomic mass is 16.6.